The largest absolute Gasteiger partial charge is 0.324 e. The lowest BCUT2D eigenvalue weighted by molar-refractivity contribution is 0.262. The second kappa shape index (κ2) is 6.72. The summed E-state index contributed by atoms with van der Waals surface area (Å²) in [5, 5.41) is 9.92. The van der Waals surface area contributed by atoms with E-state index in [9.17, 15) is 4.79 Å². The van der Waals surface area contributed by atoms with Gasteiger partial charge in [0, 0.05) is 17.4 Å². The first-order chi connectivity index (χ1) is 11.9. The van der Waals surface area contributed by atoms with Gasteiger partial charge < -0.3 is 5.32 Å². The van der Waals surface area contributed by atoms with Gasteiger partial charge in [0.05, 0.1) is 5.69 Å². The summed E-state index contributed by atoms with van der Waals surface area (Å²) < 4.78 is 1.71. The van der Waals surface area contributed by atoms with Gasteiger partial charge in [-0.15, -0.1) is 0 Å². The van der Waals surface area contributed by atoms with Gasteiger partial charge >= 0.3 is 6.03 Å². The lowest BCUT2D eigenvalue weighted by Crippen LogP contribution is -2.20. The fourth-order valence-corrected chi connectivity index (χ4v) is 2.72. The van der Waals surface area contributed by atoms with Crippen LogP contribution in [-0.2, 0) is 0 Å². The highest BCUT2D eigenvalue weighted by atomic mass is 16.2. The zero-order valence-electron chi connectivity index (χ0n) is 14.7. The quantitative estimate of drug-likeness (QED) is 0.766. The maximum Gasteiger partial charge on any atom is 0.324 e. The topological polar surface area (TPSA) is 84.7 Å². The first-order valence-corrected chi connectivity index (χ1v) is 7.93. The van der Waals surface area contributed by atoms with Crippen LogP contribution >= 0.6 is 0 Å². The van der Waals surface area contributed by atoms with Crippen molar-refractivity contribution in [2.75, 3.05) is 10.6 Å². The van der Waals surface area contributed by atoms with Gasteiger partial charge in [-0.05, 0) is 57.0 Å². The molecule has 2 aromatic heterocycles. The first-order valence-electron chi connectivity index (χ1n) is 7.93. The van der Waals surface area contributed by atoms with E-state index in [-0.39, 0.29) is 6.03 Å². The van der Waals surface area contributed by atoms with Crippen molar-refractivity contribution < 1.29 is 4.79 Å². The summed E-state index contributed by atoms with van der Waals surface area (Å²) in [6.07, 6.45) is 1.40. The maximum absolute atomic E-state index is 12.2. The van der Waals surface area contributed by atoms with E-state index in [4.69, 9.17) is 0 Å². The normalized spacial score (nSPS) is 10.6. The molecule has 2 amide bonds. The number of hydrogen-bond donors (Lipinski definition) is 2. The predicted octanol–water partition coefficient (Wildman–Crippen LogP) is 3.54. The van der Waals surface area contributed by atoms with Crippen LogP contribution in [0, 0.1) is 27.7 Å². The van der Waals surface area contributed by atoms with Gasteiger partial charge in [-0.2, -0.15) is 5.10 Å². The number of rotatable bonds is 3. The molecule has 25 heavy (non-hydrogen) atoms. The second-order valence-electron chi connectivity index (χ2n) is 6.06. The van der Waals surface area contributed by atoms with Gasteiger partial charge in [0.2, 0.25) is 0 Å². The first kappa shape index (κ1) is 16.6. The zero-order chi connectivity index (χ0) is 18.0. The molecule has 2 heterocycles. The van der Waals surface area contributed by atoms with Crippen LogP contribution in [0.5, 0.6) is 0 Å². The Morgan fingerprint density at radius 2 is 1.64 bits per heavy atom. The Hall–Kier alpha value is -3.22. The highest BCUT2D eigenvalue weighted by Gasteiger charge is 2.09. The molecular formula is C18H20N6O. The fourth-order valence-electron chi connectivity index (χ4n) is 2.72. The van der Waals surface area contributed by atoms with Crippen molar-refractivity contribution in [2.24, 2.45) is 0 Å². The van der Waals surface area contributed by atoms with Crippen LogP contribution < -0.4 is 10.6 Å². The molecule has 0 unspecified atom stereocenters. The molecule has 2 N–H and O–H groups in total. The number of aromatic nitrogens is 4. The Morgan fingerprint density at radius 3 is 2.28 bits per heavy atom. The molecule has 0 spiro atoms. The van der Waals surface area contributed by atoms with Gasteiger partial charge in [-0.3, -0.25) is 5.32 Å². The summed E-state index contributed by atoms with van der Waals surface area (Å²) >= 11 is 0. The van der Waals surface area contributed by atoms with Crippen LogP contribution in [0.4, 0.5) is 16.3 Å². The minimum Gasteiger partial charge on any atom is -0.308 e. The Bertz CT molecular complexity index is 911. The second-order valence-corrected chi connectivity index (χ2v) is 6.06. The SMILES string of the molecule is Cc1cc(C)cc(NC(=O)Nc2cc(-n3nc(C)cc3C)ncn2)c1. The number of nitrogens with zero attached hydrogens (tertiary/aromatic N) is 4. The molecule has 0 saturated heterocycles. The van der Waals surface area contributed by atoms with Crippen molar-refractivity contribution in [1.29, 1.82) is 0 Å². The summed E-state index contributed by atoms with van der Waals surface area (Å²) in [7, 11) is 0. The molecule has 1 aromatic carbocycles. The average molecular weight is 336 g/mol. The number of carbonyl (C=O) groups excluding carboxylic acids is 1. The molecule has 0 aliphatic rings. The van der Waals surface area contributed by atoms with Gasteiger partial charge in [0.15, 0.2) is 5.82 Å². The average Bonchev–Trinajstić information content (AvgIpc) is 2.85. The van der Waals surface area contributed by atoms with E-state index < -0.39 is 0 Å². The van der Waals surface area contributed by atoms with Crippen LogP contribution in [0.2, 0.25) is 0 Å². The molecular weight excluding hydrogens is 316 g/mol. The van der Waals surface area contributed by atoms with Gasteiger partial charge in [-0.25, -0.2) is 19.4 Å². The van der Waals surface area contributed by atoms with E-state index in [0.29, 0.717) is 11.6 Å². The number of amides is 2. The van der Waals surface area contributed by atoms with E-state index in [1.54, 1.807) is 10.7 Å². The number of benzene rings is 1. The number of urea groups is 1. The number of carbonyl (C=O) groups is 1. The van der Waals surface area contributed by atoms with Crippen molar-refractivity contribution in [3.63, 3.8) is 0 Å². The molecule has 0 fully saturated rings. The van der Waals surface area contributed by atoms with E-state index in [1.165, 1.54) is 6.33 Å². The fraction of sp³-hybridized carbons (Fsp3) is 0.222. The van der Waals surface area contributed by atoms with E-state index in [2.05, 4.69) is 25.7 Å². The zero-order valence-corrected chi connectivity index (χ0v) is 14.7. The Morgan fingerprint density at radius 1 is 0.920 bits per heavy atom. The van der Waals surface area contributed by atoms with Crippen molar-refractivity contribution in [1.82, 2.24) is 19.7 Å². The van der Waals surface area contributed by atoms with Gasteiger partial charge in [0.1, 0.15) is 12.1 Å². The number of hydrogen-bond acceptors (Lipinski definition) is 4. The summed E-state index contributed by atoms with van der Waals surface area (Å²) in [4.78, 5) is 20.5. The van der Waals surface area contributed by atoms with Crippen molar-refractivity contribution in [3.8, 4) is 5.82 Å². The van der Waals surface area contributed by atoms with E-state index in [1.807, 2.05) is 52.0 Å². The van der Waals surface area contributed by atoms with Crippen LogP contribution in [0.15, 0.2) is 36.7 Å². The third kappa shape index (κ3) is 4.00. The summed E-state index contributed by atoms with van der Waals surface area (Å²) in [6.45, 7) is 7.84. The Balaban J connectivity index is 1.75. The van der Waals surface area contributed by atoms with E-state index >= 15 is 0 Å². The molecule has 0 aliphatic carbocycles. The van der Waals surface area contributed by atoms with Gasteiger partial charge in [0.25, 0.3) is 0 Å². The standard InChI is InChI=1S/C18H20N6O/c1-11-5-12(2)7-15(6-11)21-18(25)22-16-9-17(20-10-19-16)24-14(4)8-13(3)23-24/h5-10H,1-4H3,(H2,19,20,21,22,25). The molecule has 128 valence electrons. The van der Waals surface area contributed by atoms with Gasteiger partial charge in [-0.1, -0.05) is 6.07 Å². The number of nitrogens with one attached hydrogen (secondary N) is 2. The smallest absolute Gasteiger partial charge is 0.308 e. The van der Waals surface area contributed by atoms with Crippen LogP contribution in [-0.4, -0.2) is 25.8 Å². The molecule has 7 heteroatoms. The molecule has 3 rings (SSSR count). The number of aryl methyl sites for hydroxylation is 4. The summed E-state index contributed by atoms with van der Waals surface area (Å²) in [5.41, 5.74) is 4.77. The Kier molecular flexibility index (Phi) is 4.47. The lowest BCUT2D eigenvalue weighted by atomic mass is 10.1. The van der Waals surface area contributed by atoms with Crippen molar-refractivity contribution in [2.45, 2.75) is 27.7 Å². The Labute approximate surface area is 146 Å². The molecule has 0 saturated carbocycles. The monoisotopic (exact) mass is 336 g/mol. The summed E-state index contributed by atoms with van der Waals surface area (Å²) in [5.74, 6) is 1.00. The highest BCUT2D eigenvalue weighted by molar-refractivity contribution is 5.99. The molecule has 0 bridgehead atoms. The molecule has 7 nitrogen and oxygen atoms in total. The molecule has 0 radical (unpaired) electrons. The van der Waals surface area contributed by atoms with Crippen molar-refractivity contribution in [3.05, 3.63) is 59.2 Å². The highest BCUT2D eigenvalue weighted by Crippen LogP contribution is 2.15. The third-order valence-electron chi connectivity index (χ3n) is 3.60. The summed E-state index contributed by atoms with van der Waals surface area (Å²) in [6, 6.07) is 9.15. The minimum atomic E-state index is -0.358. The third-order valence-corrected chi connectivity index (χ3v) is 3.60. The number of anilines is 2. The molecule has 0 atom stereocenters. The van der Waals surface area contributed by atoms with E-state index in [0.717, 1.165) is 28.2 Å². The lowest BCUT2D eigenvalue weighted by Gasteiger charge is -2.10. The van der Waals surface area contributed by atoms with Crippen molar-refractivity contribution >= 4 is 17.5 Å². The van der Waals surface area contributed by atoms with Crippen LogP contribution in [0.1, 0.15) is 22.5 Å². The molecule has 0 aliphatic heterocycles. The minimum absolute atomic E-state index is 0.358. The maximum atomic E-state index is 12.2. The predicted molar refractivity (Wildman–Crippen MR) is 97.2 cm³/mol. The van der Waals surface area contributed by atoms with Crippen LogP contribution in [0.25, 0.3) is 5.82 Å². The molecule has 3 aromatic rings. The van der Waals surface area contributed by atoms with Crippen LogP contribution in [0.3, 0.4) is 0 Å².